The van der Waals surface area contributed by atoms with Gasteiger partial charge in [0.2, 0.25) is 0 Å². The minimum Gasteiger partial charge on any atom is -0.311 e. The summed E-state index contributed by atoms with van der Waals surface area (Å²) < 4.78 is 0. The molecular formula is C38H61N3. The average Bonchev–Trinajstić information content (AvgIpc) is 3.55. The second-order valence-electron chi connectivity index (χ2n) is 17.7. The third-order valence-electron chi connectivity index (χ3n) is 15.9. The van der Waals surface area contributed by atoms with Crippen LogP contribution >= 0.6 is 0 Å². The smallest absolute Gasteiger partial charge is 0.0522 e. The van der Waals surface area contributed by atoms with E-state index in [-0.39, 0.29) is 5.41 Å². The van der Waals surface area contributed by atoms with E-state index in [1.165, 1.54) is 120 Å². The minimum atomic E-state index is 0.179. The van der Waals surface area contributed by atoms with Crippen molar-refractivity contribution in [2.45, 2.75) is 149 Å². The fourth-order valence-electron chi connectivity index (χ4n) is 13.8. The van der Waals surface area contributed by atoms with Crippen molar-refractivity contribution < 1.29 is 0 Å². The fourth-order valence-corrected chi connectivity index (χ4v) is 13.8. The summed E-state index contributed by atoms with van der Waals surface area (Å²) >= 11 is 0. The number of aromatic amines is 1. The Bertz CT molecular complexity index is 1160. The van der Waals surface area contributed by atoms with E-state index in [1.54, 1.807) is 0 Å². The Morgan fingerprint density at radius 3 is 2.44 bits per heavy atom. The number of allylic oxidation sites excluding steroid dienone is 1. The summed E-state index contributed by atoms with van der Waals surface area (Å²) in [5.74, 6) is 4.81. The first kappa shape index (κ1) is 28.7. The molecule has 0 unspecified atom stereocenters. The van der Waals surface area contributed by atoms with Crippen LogP contribution in [0, 0.1) is 51.8 Å². The SMILES string of the molecule is C=C(C)[C@@H]1CC[C@]2(NCCC3CCCCC3)CC[C@]3(C)[C@H](CC[C@@H]4[C@@]5(C)Cc6cn[nH]c6C(C)(C)[C@@H]5CC[C@]43C)[C@@H]12. The molecule has 0 aliphatic heterocycles. The van der Waals surface area contributed by atoms with Gasteiger partial charge in [0, 0.05) is 16.6 Å². The van der Waals surface area contributed by atoms with E-state index < -0.39 is 0 Å². The molecule has 1 aromatic heterocycles. The van der Waals surface area contributed by atoms with E-state index >= 15 is 0 Å². The zero-order chi connectivity index (χ0) is 28.8. The lowest BCUT2D eigenvalue weighted by molar-refractivity contribution is -0.219. The standard InChI is InChI=1S/C38H61N3/c1-25(2)28-15-19-38(39-22-17-26-11-9-8-10-12-26)21-20-36(6)29(32(28)38)13-14-31-35(5)23-27-24-40-41-33(27)34(3,4)30(35)16-18-37(31,36)7/h24,26,28-32,39H,1,8-23H2,2-7H3,(H,40,41)/t28-,29+,30-,31+,32+,35-,36+,37+,38-/m0/s1. The van der Waals surface area contributed by atoms with Crippen LogP contribution in [0.1, 0.15) is 143 Å². The molecule has 7 rings (SSSR count). The van der Waals surface area contributed by atoms with E-state index in [4.69, 9.17) is 0 Å². The lowest BCUT2D eigenvalue weighted by Gasteiger charge is -2.72. The summed E-state index contributed by atoms with van der Waals surface area (Å²) in [6, 6.07) is 0. The van der Waals surface area contributed by atoms with Crippen LogP contribution in [0.25, 0.3) is 0 Å². The molecule has 6 aliphatic rings. The lowest BCUT2D eigenvalue weighted by Crippen LogP contribution is -2.68. The summed E-state index contributed by atoms with van der Waals surface area (Å²) in [6.45, 7) is 21.6. The number of nitrogens with zero attached hydrogens (tertiary/aromatic N) is 1. The van der Waals surface area contributed by atoms with Gasteiger partial charge in [-0.3, -0.25) is 5.10 Å². The lowest BCUT2D eigenvalue weighted by atomic mass is 9.33. The van der Waals surface area contributed by atoms with Crippen LogP contribution < -0.4 is 5.32 Å². The molecule has 1 aromatic rings. The van der Waals surface area contributed by atoms with Crippen LogP contribution in [0.3, 0.4) is 0 Å². The first-order chi connectivity index (χ1) is 19.5. The van der Waals surface area contributed by atoms with Gasteiger partial charge in [-0.1, -0.05) is 78.9 Å². The Morgan fingerprint density at radius 1 is 0.902 bits per heavy atom. The van der Waals surface area contributed by atoms with Crippen molar-refractivity contribution in [3.8, 4) is 0 Å². The molecule has 3 heteroatoms. The summed E-state index contributed by atoms with van der Waals surface area (Å²) in [7, 11) is 0. The number of rotatable bonds is 5. The van der Waals surface area contributed by atoms with Gasteiger partial charge in [-0.25, -0.2) is 0 Å². The Kier molecular flexibility index (Phi) is 6.79. The molecule has 1 heterocycles. The van der Waals surface area contributed by atoms with E-state index in [0.29, 0.717) is 27.7 Å². The maximum Gasteiger partial charge on any atom is 0.0522 e. The number of fused-ring (bicyclic) bond motifs is 8. The molecule has 6 aliphatic carbocycles. The predicted molar refractivity (Wildman–Crippen MR) is 171 cm³/mol. The van der Waals surface area contributed by atoms with Gasteiger partial charge in [-0.05, 0) is 135 Å². The van der Waals surface area contributed by atoms with Gasteiger partial charge >= 0.3 is 0 Å². The van der Waals surface area contributed by atoms with Crippen molar-refractivity contribution in [3.63, 3.8) is 0 Å². The maximum absolute atomic E-state index is 4.63. The zero-order valence-electron chi connectivity index (χ0n) is 27.5. The van der Waals surface area contributed by atoms with Crippen molar-refractivity contribution in [1.29, 1.82) is 0 Å². The van der Waals surface area contributed by atoms with Crippen molar-refractivity contribution in [3.05, 3.63) is 29.6 Å². The molecule has 0 aromatic carbocycles. The highest BCUT2D eigenvalue weighted by Crippen LogP contribution is 2.76. The van der Waals surface area contributed by atoms with Crippen molar-refractivity contribution in [1.82, 2.24) is 15.5 Å². The second-order valence-corrected chi connectivity index (χ2v) is 17.7. The summed E-state index contributed by atoms with van der Waals surface area (Å²) in [6.07, 6.45) is 23.3. The van der Waals surface area contributed by atoms with Gasteiger partial charge in [0.1, 0.15) is 0 Å². The Hall–Kier alpha value is -1.09. The molecule has 0 bridgehead atoms. The Balaban J connectivity index is 1.19. The van der Waals surface area contributed by atoms with Crippen LogP contribution in [-0.2, 0) is 11.8 Å². The van der Waals surface area contributed by atoms with E-state index in [2.05, 4.69) is 69.8 Å². The molecule has 0 saturated heterocycles. The maximum atomic E-state index is 4.63. The monoisotopic (exact) mass is 559 g/mol. The first-order valence-electron chi connectivity index (χ1n) is 17.9. The first-order valence-corrected chi connectivity index (χ1v) is 17.9. The second kappa shape index (κ2) is 9.70. The molecule has 0 spiro atoms. The molecule has 41 heavy (non-hydrogen) atoms. The summed E-state index contributed by atoms with van der Waals surface area (Å²) in [4.78, 5) is 0. The van der Waals surface area contributed by atoms with E-state index in [9.17, 15) is 0 Å². The van der Waals surface area contributed by atoms with Crippen LogP contribution in [-0.4, -0.2) is 22.3 Å². The number of nitrogens with one attached hydrogen (secondary N) is 2. The molecule has 9 atom stereocenters. The Labute approximate surface area is 251 Å². The van der Waals surface area contributed by atoms with Crippen molar-refractivity contribution >= 4 is 0 Å². The van der Waals surface area contributed by atoms with Crippen LogP contribution in [0.4, 0.5) is 0 Å². The normalized spacial score (nSPS) is 47.0. The van der Waals surface area contributed by atoms with Crippen LogP contribution in [0.15, 0.2) is 18.3 Å². The molecule has 228 valence electrons. The fraction of sp³-hybridized carbons (Fsp3) is 0.868. The third kappa shape index (κ3) is 3.95. The molecule has 0 amide bonds. The van der Waals surface area contributed by atoms with Crippen LogP contribution in [0.5, 0.6) is 0 Å². The van der Waals surface area contributed by atoms with Gasteiger partial charge in [0.25, 0.3) is 0 Å². The number of hydrogen-bond donors (Lipinski definition) is 2. The molecule has 3 nitrogen and oxygen atoms in total. The zero-order valence-corrected chi connectivity index (χ0v) is 27.5. The quantitative estimate of drug-likeness (QED) is 0.353. The van der Waals surface area contributed by atoms with Gasteiger partial charge in [-0.15, -0.1) is 0 Å². The van der Waals surface area contributed by atoms with Crippen LogP contribution in [0.2, 0.25) is 0 Å². The third-order valence-corrected chi connectivity index (χ3v) is 15.9. The highest BCUT2D eigenvalue weighted by molar-refractivity contribution is 5.34. The molecule has 5 saturated carbocycles. The molecule has 2 N–H and O–H groups in total. The summed E-state index contributed by atoms with van der Waals surface area (Å²) in [5, 5.41) is 12.4. The van der Waals surface area contributed by atoms with E-state index in [0.717, 1.165) is 29.6 Å². The predicted octanol–water partition coefficient (Wildman–Crippen LogP) is 9.39. The topological polar surface area (TPSA) is 40.7 Å². The summed E-state index contributed by atoms with van der Waals surface area (Å²) in [5.41, 5.74) is 6.13. The van der Waals surface area contributed by atoms with Crippen molar-refractivity contribution in [2.75, 3.05) is 6.54 Å². The van der Waals surface area contributed by atoms with Gasteiger partial charge in [0.05, 0.1) is 6.20 Å². The van der Waals surface area contributed by atoms with Gasteiger partial charge in [0.15, 0.2) is 0 Å². The highest BCUT2D eigenvalue weighted by Gasteiger charge is 2.70. The molecule has 5 fully saturated rings. The highest BCUT2D eigenvalue weighted by atomic mass is 15.1. The average molecular weight is 560 g/mol. The van der Waals surface area contributed by atoms with Gasteiger partial charge in [-0.2, -0.15) is 5.10 Å². The number of aromatic nitrogens is 2. The molecule has 0 radical (unpaired) electrons. The van der Waals surface area contributed by atoms with Crippen molar-refractivity contribution in [2.24, 2.45) is 51.8 Å². The number of hydrogen-bond acceptors (Lipinski definition) is 2. The number of H-pyrrole nitrogens is 1. The largest absolute Gasteiger partial charge is 0.311 e. The minimum absolute atomic E-state index is 0.179. The van der Waals surface area contributed by atoms with Gasteiger partial charge < -0.3 is 5.32 Å². The van der Waals surface area contributed by atoms with E-state index in [1.807, 2.05) is 0 Å². The molecular weight excluding hydrogens is 498 g/mol. The Morgan fingerprint density at radius 2 is 1.68 bits per heavy atom.